The smallest absolute Gasteiger partial charge is 0.241 e. The molecule has 0 spiro atoms. The molecule has 0 fully saturated rings. The molecule has 0 heterocycles. The third-order valence-electron chi connectivity index (χ3n) is 2.35. The Morgan fingerprint density at radius 2 is 0.714 bits per heavy atom. The second-order valence-corrected chi connectivity index (χ2v) is 3.94. The van der Waals surface area contributed by atoms with Gasteiger partial charge in [-0.3, -0.25) is 0 Å². The zero-order chi connectivity index (χ0) is 17.1. The Kier molecular flexibility index (Phi) is 7.13. The van der Waals surface area contributed by atoms with Crippen molar-refractivity contribution >= 4 is 0 Å². The Morgan fingerprint density at radius 1 is 0.429 bits per heavy atom. The van der Waals surface area contributed by atoms with Crippen molar-refractivity contribution in [2.75, 3.05) is 0 Å². The molecule has 21 heavy (non-hydrogen) atoms. The van der Waals surface area contributed by atoms with E-state index in [0.717, 1.165) is 0 Å². The Morgan fingerprint density at radius 3 is 1.00 bits per heavy atom. The monoisotopic (exact) mass is 344 g/mol. The summed E-state index contributed by atoms with van der Waals surface area (Å²) in [5, 5.41) is 0. The van der Waals surface area contributed by atoms with Crippen LogP contribution in [0.15, 0.2) is 0 Å². The first kappa shape index (κ1) is 20.2. The molecular formula is C9H8F12. The van der Waals surface area contributed by atoms with Gasteiger partial charge >= 0.3 is 6.18 Å². The number of halogens is 12. The van der Waals surface area contributed by atoms with Crippen LogP contribution in [0.1, 0.15) is 0 Å². The minimum absolute atomic E-state index is 3.91. The van der Waals surface area contributed by atoms with E-state index in [1.807, 2.05) is 0 Å². The van der Waals surface area contributed by atoms with Gasteiger partial charge in [0.1, 0.15) is 0 Å². The summed E-state index contributed by atoms with van der Waals surface area (Å²) in [6.45, 7) is 0. The molecule has 7 atom stereocenters. The molecule has 7 unspecified atom stereocenters. The van der Waals surface area contributed by atoms with Crippen LogP contribution in [-0.2, 0) is 0 Å². The number of rotatable bonds is 7. The van der Waals surface area contributed by atoms with E-state index in [2.05, 4.69) is 0 Å². The molecular weight excluding hydrogens is 336 g/mol. The van der Waals surface area contributed by atoms with Gasteiger partial charge in [-0.2, -0.15) is 13.2 Å². The summed E-state index contributed by atoms with van der Waals surface area (Å²) in [6, 6.07) is 0. The fourth-order valence-electron chi connectivity index (χ4n) is 1.18. The highest BCUT2D eigenvalue weighted by Crippen LogP contribution is 2.33. The van der Waals surface area contributed by atoms with Crippen molar-refractivity contribution < 1.29 is 52.7 Å². The van der Waals surface area contributed by atoms with Crippen LogP contribution in [0.25, 0.3) is 0 Å². The van der Waals surface area contributed by atoms with Crippen LogP contribution in [0.2, 0.25) is 0 Å². The van der Waals surface area contributed by atoms with Gasteiger partial charge in [0.25, 0.3) is 6.43 Å². The van der Waals surface area contributed by atoms with Crippen LogP contribution in [0.4, 0.5) is 52.7 Å². The summed E-state index contributed by atoms with van der Waals surface area (Å²) in [7, 11) is 0. The standard InChI is InChI=1S/C9H8F12/c10-1(2(11)4(13)6(15)8(17)18)3(12)5(14)7(16)9(19,20)21/h1-8H. The summed E-state index contributed by atoms with van der Waals surface area (Å²) >= 11 is 0. The average Bonchev–Trinajstić information content (AvgIpc) is 2.40. The summed E-state index contributed by atoms with van der Waals surface area (Å²) < 4.78 is 147. The first-order valence-corrected chi connectivity index (χ1v) is 5.15. The lowest BCUT2D eigenvalue weighted by Gasteiger charge is -2.25. The maximum atomic E-state index is 12.9. The van der Waals surface area contributed by atoms with Gasteiger partial charge in [0.15, 0.2) is 37.0 Å². The molecule has 0 aliphatic carbocycles. The molecule has 128 valence electrons. The maximum Gasteiger partial charge on any atom is 0.422 e. The highest BCUT2D eigenvalue weighted by molar-refractivity contribution is 4.93. The summed E-state index contributed by atoms with van der Waals surface area (Å²) in [6.07, 6.45) is -39.1. The number of hydrogen-bond donors (Lipinski definition) is 0. The molecule has 12 heteroatoms. The summed E-state index contributed by atoms with van der Waals surface area (Å²) in [5.74, 6) is 0. The van der Waals surface area contributed by atoms with E-state index in [9.17, 15) is 52.7 Å². The SMILES string of the molecule is FC(F)C(F)C(F)C(F)C(F)C(F)C(F)C(F)C(F)(F)F. The maximum absolute atomic E-state index is 12.9. The van der Waals surface area contributed by atoms with Crippen molar-refractivity contribution in [1.82, 2.24) is 0 Å². The fourth-order valence-corrected chi connectivity index (χ4v) is 1.18. The van der Waals surface area contributed by atoms with Crippen LogP contribution < -0.4 is 0 Å². The van der Waals surface area contributed by atoms with Crippen LogP contribution in [0.3, 0.4) is 0 Å². The lowest BCUT2D eigenvalue weighted by atomic mass is 9.99. The van der Waals surface area contributed by atoms with Crippen molar-refractivity contribution in [1.29, 1.82) is 0 Å². The third kappa shape index (κ3) is 5.13. The van der Waals surface area contributed by atoms with Crippen molar-refractivity contribution in [2.24, 2.45) is 0 Å². The molecule has 0 aliphatic rings. The Bertz CT molecular complexity index is 304. The number of hydrogen-bond acceptors (Lipinski definition) is 0. The lowest BCUT2D eigenvalue weighted by Crippen LogP contribution is -2.48. The highest BCUT2D eigenvalue weighted by atomic mass is 19.4. The van der Waals surface area contributed by atoms with Crippen molar-refractivity contribution in [2.45, 2.75) is 55.8 Å². The van der Waals surface area contributed by atoms with E-state index in [1.54, 1.807) is 0 Å². The van der Waals surface area contributed by atoms with Crippen molar-refractivity contribution in [3.8, 4) is 0 Å². The van der Waals surface area contributed by atoms with Gasteiger partial charge in [-0.1, -0.05) is 0 Å². The Labute approximate surface area is 110 Å². The van der Waals surface area contributed by atoms with E-state index in [0.29, 0.717) is 0 Å². The molecule has 0 rings (SSSR count). The Balaban J connectivity index is 4.87. The van der Waals surface area contributed by atoms with Crippen LogP contribution in [-0.4, -0.2) is 55.8 Å². The molecule has 0 bridgehead atoms. The molecule has 0 amide bonds. The molecule has 0 aromatic heterocycles. The largest absolute Gasteiger partial charge is 0.422 e. The van der Waals surface area contributed by atoms with Crippen molar-refractivity contribution in [3.05, 3.63) is 0 Å². The van der Waals surface area contributed by atoms with Gasteiger partial charge in [0.05, 0.1) is 0 Å². The van der Waals surface area contributed by atoms with Gasteiger partial charge in [-0.25, -0.2) is 39.5 Å². The van der Waals surface area contributed by atoms with Gasteiger partial charge < -0.3 is 0 Å². The quantitative estimate of drug-likeness (QED) is 0.608. The second-order valence-electron chi connectivity index (χ2n) is 3.94. The van der Waals surface area contributed by atoms with E-state index in [4.69, 9.17) is 0 Å². The molecule has 0 nitrogen and oxygen atoms in total. The second kappa shape index (κ2) is 7.43. The molecule has 0 saturated heterocycles. The summed E-state index contributed by atoms with van der Waals surface area (Å²) in [5.41, 5.74) is 0. The van der Waals surface area contributed by atoms with Gasteiger partial charge in [-0.15, -0.1) is 0 Å². The first-order valence-electron chi connectivity index (χ1n) is 5.15. The molecule has 0 N–H and O–H groups in total. The van der Waals surface area contributed by atoms with E-state index < -0.39 is 55.8 Å². The zero-order valence-electron chi connectivity index (χ0n) is 9.65. The lowest BCUT2D eigenvalue weighted by molar-refractivity contribution is -0.206. The van der Waals surface area contributed by atoms with E-state index >= 15 is 0 Å². The predicted octanol–water partition coefficient (Wildman–Crippen LogP) is 4.18. The van der Waals surface area contributed by atoms with Gasteiger partial charge in [0.2, 0.25) is 6.17 Å². The number of alkyl halides is 12. The summed E-state index contributed by atoms with van der Waals surface area (Å²) in [4.78, 5) is 0. The molecule has 0 aliphatic heterocycles. The first-order chi connectivity index (χ1) is 9.32. The molecule has 0 aromatic carbocycles. The minimum atomic E-state index is -5.95. The van der Waals surface area contributed by atoms with Gasteiger partial charge in [-0.05, 0) is 0 Å². The van der Waals surface area contributed by atoms with E-state index in [1.165, 1.54) is 0 Å². The van der Waals surface area contributed by atoms with Gasteiger partial charge in [0, 0.05) is 0 Å². The average molecular weight is 344 g/mol. The Hall–Kier alpha value is -0.840. The zero-order valence-corrected chi connectivity index (χ0v) is 9.65. The molecule has 0 aromatic rings. The topological polar surface area (TPSA) is 0 Å². The normalized spacial score (nSPS) is 23.3. The highest BCUT2D eigenvalue weighted by Gasteiger charge is 2.53. The van der Waals surface area contributed by atoms with Crippen molar-refractivity contribution in [3.63, 3.8) is 0 Å². The predicted molar refractivity (Wildman–Crippen MR) is 46.3 cm³/mol. The minimum Gasteiger partial charge on any atom is -0.241 e. The van der Waals surface area contributed by atoms with Crippen LogP contribution in [0, 0.1) is 0 Å². The molecule has 0 saturated carbocycles. The fraction of sp³-hybridized carbons (Fsp3) is 1.00. The molecule has 0 radical (unpaired) electrons. The third-order valence-corrected chi connectivity index (χ3v) is 2.35. The van der Waals surface area contributed by atoms with Crippen LogP contribution in [0.5, 0.6) is 0 Å². The van der Waals surface area contributed by atoms with E-state index in [-0.39, 0.29) is 0 Å². The van der Waals surface area contributed by atoms with Crippen LogP contribution >= 0.6 is 0 Å².